The number of amides is 1. The molecule has 0 aromatic heterocycles. The number of fused-ring (bicyclic) bond motifs is 3. The van der Waals surface area contributed by atoms with E-state index in [0.717, 1.165) is 39.0 Å². The Morgan fingerprint density at radius 3 is 2.62 bits per heavy atom. The summed E-state index contributed by atoms with van der Waals surface area (Å²) in [5.74, 6) is 0.803. The highest BCUT2D eigenvalue weighted by Crippen LogP contribution is 2.36. The van der Waals surface area contributed by atoms with Crippen LogP contribution in [0, 0.1) is 18.8 Å². The van der Waals surface area contributed by atoms with E-state index in [0.29, 0.717) is 5.92 Å². The number of para-hydroxylation sites is 1. The van der Waals surface area contributed by atoms with Gasteiger partial charge in [-0.25, -0.2) is 0 Å². The molecule has 2 aromatic rings. The van der Waals surface area contributed by atoms with Gasteiger partial charge in [-0.15, -0.1) is 0 Å². The summed E-state index contributed by atoms with van der Waals surface area (Å²) in [7, 11) is 0. The number of piperazine rings is 1. The van der Waals surface area contributed by atoms with Gasteiger partial charge in [0.15, 0.2) is 0 Å². The van der Waals surface area contributed by atoms with Crippen LogP contribution in [0.1, 0.15) is 31.4 Å². The van der Waals surface area contributed by atoms with Crippen LogP contribution in [-0.4, -0.2) is 38.1 Å². The average molecular weight is 392 g/mol. The van der Waals surface area contributed by atoms with Crippen molar-refractivity contribution in [3.63, 3.8) is 0 Å². The predicted octanol–water partition coefficient (Wildman–Crippen LogP) is 4.02. The number of nitrogens with zero attached hydrogens (tertiary/aromatic N) is 2. The summed E-state index contributed by atoms with van der Waals surface area (Å²) in [5, 5.41) is 3.23. The maximum absolute atomic E-state index is 13.2. The summed E-state index contributed by atoms with van der Waals surface area (Å²) in [6, 6.07) is 17.6. The number of rotatable bonds is 5. The number of aryl methyl sites for hydroxylation is 1. The molecule has 4 nitrogen and oxygen atoms in total. The zero-order valence-corrected chi connectivity index (χ0v) is 17.9. The van der Waals surface area contributed by atoms with E-state index in [1.807, 2.05) is 0 Å². The Hall–Kier alpha value is -2.49. The van der Waals surface area contributed by atoms with E-state index in [1.165, 1.54) is 22.5 Å². The quantitative estimate of drug-likeness (QED) is 0.836. The number of anilines is 2. The zero-order valence-electron chi connectivity index (χ0n) is 17.9. The molecule has 1 N–H and O–H groups in total. The molecule has 0 spiro atoms. The molecular formula is C25H33N3O. The average Bonchev–Trinajstić information content (AvgIpc) is 2.73. The minimum Gasteiger partial charge on any atom is -0.368 e. The van der Waals surface area contributed by atoms with Crippen molar-refractivity contribution in [2.45, 2.75) is 39.7 Å². The largest absolute Gasteiger partial charge is 0.368 e. The van der Waals surface area contributed by atoms with Gasteiger partial charge in [0.05, 0.1) is 12.0 Å². The predicted molar refractivity (Wildman–Crippen MR) is 121 cm³/mol. The number of carbonyl (C=O) groups is 1. The first-order valence-electron chi connectivity index (χ1n) is 11.0. The molecule has 4 rings (SSSR count). The molecule has 4 heteroatoms. The van der Waals surface area contributed by atoms with Crippen LogP contribution in [0.4, 0.5) is 11.4 Å². The molecule has 2 atom stereocenters. The van der Waals surface area contributed by atoms with Gasteiger partial charge in [0, 0.05) is 37.6 Å². The Kier molecular flexibility index (Phi) is 5.79. The number of hydrogen-bond acceptors (Lipinski definition) is 3. The molecule has 0 radical (unpaired) electrons. The lowest BCUT2D eigenvalue weighted by atomic mass is 9.83. The maximum Gasteiger partial charge on any atom is 0.225 e. The van der Waals surface area contributed by atoms with Crippen molar-refractivity contribution < 1.29 is 4.79 Å². The summed E-state index contributed by atoms with van der Waals surface area (Å²) >= 11 is 0. The van der Waals surface area contributed by atoms with Gasteiger partial charge in [-0.1, -0.05) is 49.7 Å². The fraction of sp³-hybridized carbons (Fsp3) is 0.480. The fourth-order valence-electron chi connectivity index (χ4n) is 4.66. The van der Waals surface area contributed by atoms with Gasteiger partial charge in [0.25, 0.3) is 0 Å². The topological polar surface area (TPSA) is 35.6 Å². The third-order valence-electron chi connectivity index (χ3n) is 6.38. The van der Waals surface area contributed by atoms with Crippen LogP contribution in [-0.2, 0) is 11.2 Å². The van der Waals surface area contributed by atoms with E-state index in [-0.39, 0.29) is 17.9 Å². The SMILES string of the molecule is Cc1ccc(N2CCN3c4ccccc4C[C@@H](C(=O)NCCC(C)C)[C@@H]3C2)cc1. The van der Waals surface area contributed by atoms with E-state index in [2.05, 4.69) is 84.4 Å². The monoisotopic (exact) mass is 391 g/mol. The fourth-order valence-corrected chi connectivity index (χ4v) is 4.66. The lowest BCUT2D eigenvalue weighted by Crippen LogP contribution is -2.61. The van der Waals surface area contributed by atoms with Crippen molar-refractivity contribution in [1.82, 2.24) is 5.32 Å². The third kappa shape index (κ3) is 4.26. The Bertz CT molecular complexity index is 845. The molecule has 1 amide bonds. The first-order valence-corrected chi connectivity index (χ1v) is 11.0. The Morgan fingerprint density at radius 1 is 1.10 bits per heavy atom. The number of carbonyl (C=O) groups excluding carboxylic acids is 1. The molecule has 0 unspecified atom stereocenters. The number of benzene rings is 2. The lowest BCUT2D eigenvalue weighted by molar-refractivity contribution is -0.125. The van der Waals surface area contributed by atoms with Gasteiger partial charge in [-0.05, 0) is 49.4 Å². The summed E-state index contributed by atoms with van der Waals surface area (Å²) in [5.41, 5.74) is 5.15. The molecule has 0 saturated carbocycles. The molecule has 2 heterocycles. The van der Waals surface area contributed by atoms with Crippen LogP contribution in [0.15, 0.2) is 48.5 Å². The van der Waals surface area contributed by atoms with Crippen molar-refractivity contribution in [2.24, 2.45) is 11.8 Å². The van der Waals surface area contributed by atoms with E-state index in [4.69, 9.17) is 0 Å². The zero-order chi connectivity index (χ0) is 20.4. The van der Waals surface area contributed by atoms with E-state index >= 15 is 0 Å². The first kappa shape index (κ1) is 19.8. The van der Waals surface area contributed by atoms with E-state index in [1.54, 1.807) is 0 Å². The molecular weight excluding hydrogens is 358 g/mol. The molecule has 1 fully saturated rings. The summed E-state index contributed by atoms with van der Waals surface area (Å²) in [6.45, 7) is 10.1. The molecule has 2 aliphatic heterocycles. The number of nitrogens with one attached hydrogen (secondary N) is 1. The van der Waals surface area contributed by atoms with Crippen LogP contribution < -0.4 is 15.1 Å². The van der Waals surface area contributed by atoms with Crippen LogP contribution in [0.25, 0.3) is 0 Å². The molecule has 154 valence electrons. The molecule has 29 heavy (non-hydrogen) atoms. The van der Waals surface area contributed by atoms with Crippen molar-refractivity contribution in [3.05, 3.63) is 59.7 Å². The number of hydrogen-bond donors (Lipinski definition) is 1. The first-order chi connectivity index (χ1) is 14.0. The van der Waals surface area contributed by atoms with Crippen molar-refractivity contribution in [2.75, 3.05) is 36.0 Å². The second-order valence-corrected chi connectivity index (χ2v) is 8.96. The Balaban J connectivity index is 1.57. The lowest BCUT2D eigenvalue weighted by Gasteiger charge is -2.49. The summed E-state index contributed by atoms with van der Waals surface area (Å²) < 4.78 is 0. The van der Waals surface area contributed by atoms with Gasteiger partial charge in [0.1, 0.15) is 0 Å². The highest BCUT2D eigenvalue weighted by Gasteiger charge is 2.41. The molecule has 0 bridgehead atoms. The molecule has 2 aromatic carbocycles. The van der Waals surface area contributed by atoms with Gasteiger partial charge >= 0.3 is 0 Å². The van der Waals surface area contributed by atoms with Crippen molar-refractivity contribution in [1.29, 1.82) is 0 Å². The Labute approximate surface area is 174 Å². The summed E-state index contributed by atoms with van der Waals surface area (Å²) in [6.07, 6.45) is 1.85. The van der Waals surface area contributed by atoms with E-state index < -0.39 is 0 Å². The van der Waals surface area contributed by atoms with Gasteiger partial charge in [-0.3, -0.25) is 4.79 Å². The van der Waals surface area contributed by atoms with Crippen molar-refractivity contribution in [3.8, 4) is 0 Å². The minimum absolute atomic E-state index is 0.00897. The maximum atomic E-state index is 13.2. The van der Waals surface area contributed by atoms with Crippen LogP contribution >= 0.6 is 0 Å². The van der Waals surface area contributed by atoms with E-state index in [9.17, 15) is 4.79 Å². The highest BCUT2D eigenvalue weighted by atomic mass is 16.1. The second-order valence-electron chi connectivity index (χ2n) is 8.96. The van der Waals surface area contributed by atoms with Crippen LogP contribution in [0.2, 0.25) is 0 Å². The minimum atomic E-state index is -0.00897. The standard InChI is InChI=1S/C25H33N3O/c1-18(2)12-13-26-25(29)22-16-20-6-4-5-7-23(20)28-15-14-27(17-24(22)28)21-10-8-19(3)9-11-21/h4-11,18,22,24H,12-17H2,1-3H3,(H,26,29)/t22-,24+/m1/s1. The third-order valence-corrected chi connectivity index (χ3v) is 6.38. The molecule has 2 aliphatic rings. The van der Waals surface area contributed by atoms with Gasteiger partial charge in [-0.2, -0.15) is 0 Å². The molecule has 0 aliphatic carbocycles. The summed E-state index contributed by atoms with van der Waals surface area (Å²) in [4.78, 5) is 18.1. The van der Waals surface area contributed by atoms with Gasteiger partial charge in [0.2, 0.25) is 5.91 Å². The highest BCUT2D eigenvalue weighted by molar-refractivity contribution is 5.82. The molecule has 1 saturated heterocycles. The van der Waals surface area contributed by atoms with Crippen LogP contribution in [0.5, 0.6) is 0 Å². The van der Waals surface area contributed by atoms with Crippen LogP contribution in [0.3, 0.4) is 0 Å². The van der Waals surface area contributed by atoms with Gasteiger partial charge < -0.3 is 15.1 Å². The Morgan fingerprint density at radius 2 is 1.86 bits per heavy atom. The second kappa shape index (κ2) is 8.48. The van der Waals surface area contributed by atoms with Crippen molar-refractivity contribution >= 4 is 17.3 Å². The smallest absolute Gasteiger partial charge is 0.225 e. The normalized spacial score (nSPS) is 21.0.